The summed E-state index contributed by atoms with van der Waals surface area (Å²) >= 11 is 0. The van der Waals surface area contributed by atoms with Gasteiger partial charge in [-0.05, 0) is 29.8 Å². The van der Waals surface area contributed by atoms with E-state index >= 15 is 0 Å². The molecule has 0 saturated carbocycles. The minimum Gasteiger partial charge on any atom is -0.481 e. The van der Waals surface area contributed by atoms with Crippen LogP contribution in [0.15, 0.2) is 36.4 Å². The van der Waals surface area contributed by atoms with Crippen LogP contribution < -0.4 is 15.8 Å². The summed E-state index contributed by atoms with van der Waals surface area (Å²) in [6, 6.07) is 6.56. The van der Waals surface area contributed by atoms with Gasteiger partial charge in [0.2, 0.25) is 5.88 Å². The molecule has 0 radical (unpaired) electrons. The Bertz CT molecular complexity index is 954. The van der Waals surface area contributed by atoms with E-state index < -0.39 is 36.2 Å². The molecule has 1 amide bonds. The third-order valence-corrected chi connectivity index (χ3v) is 3.59. The van der Waals surface area contributed by atoms with Crippen molar-refractivity contribution in [2.45, 2.75) is 25.2 Å². The van der Waals surface area contributed by atoms with Gasteiger partial charge in [0.1, 0.15) is 17.5 Å². The van der Waals surface area contributed by atoms with Crippen LogP contribution in [0, 0.1) is 12.3 Å². The van der Waals surface area contributed by atoms with Crippen LogP contribution in [0.25, 0.3) is 0 Å². The summed E-state index contributed by atoms with van der Waals surface area (Å²) in [5, 5.41) is 11.1. The molecule has 2 aromatic rings. The number of halogens is 3. The van der Waals surface area contributed by atoms with E-state index in [2.05, 4.69) is 16.2 Å². The number of amides is 1. The van der Waals surface area contributed by atoms with E-state index in [4.69, 9.17) is 22.0 Å². The second kappa shape index (κ2) is 9.07. The average molecular weight is 407 g/mol. The first-order valence-corrected chi connectivity index (χ1v) is 8.17. The van der Waals surface area contributed by atoms with Crippen LogP contribution in [-0.2, 0) is 17.5 Å². The fourth-order valence-electron chi connectivity index (χ4n) is 2.26. The molecule has 1 unspecified atom stereocenters. The van der Waals surface area contributed by atoms with Crippen molar-refractivity contribution >= 4 is 11.9 Å². The first-order chi connectivity index (χ1) is 13.6. The van der Waals surface area contributed by atoms with Crippen molar-refractivity contribution in [2.24, 2.45) is 5.73 Å². The summed E-state index contributed by atoms with van der Waals surface area (Å²) in [5.74, 6) is 0.000133. The topological polar surface area (TPSA) is 115 Å². The number of benzene rings is 1. The standard InChI is InChI=1S/C19H16F3N3O4/c1-2-13(9-17(26)27)24-18(28)12-4-3-5-14(8-12)29-16-7-11(10-23)6-15(25-16)19(20,21)22/h1,3-8,13H,9-10,23H2,(H,24,28)(H,26,27). The lowest BCUT2D eigenvalue weighted by molar-refractivity contribution is -0.141. The molecule has 0 saturated heterocycles. The number of carbonyl (C=O) groups excluding carboxylic acids is 1. The van der Waals surface area contributed by atoms with Crippen molar-refractivity contribution in [1.82, 2.24) is 10.3 Å². The molecule has 0 fully saturated rings. The highest BCUT2D eigenvalue weighted by molar-refractivity contribution is 5.95. The molecule has 29 heavy (non-hydrogen) atoms. The predicted molar refractivity (Wildman–Crippen MR) is 96.0 cm³/mol. The molecule has 7 nitrogen and oxygen atoms in total. The monoisotopic (exact) mass is 407 g/mol. The van der Waals surface area contributed by atoms with E-state index in [1.807, 2.05) is 0 Å². The average Bonchev–Trinajstić information content (AvgIpc) is 2.66. The van der Waals surface area contributed by atoms with Crippen molar-refractivity contribution in [3.8, 4) is 24.0 Å². The lowest BCUT2D eigenvalue weighted by Crippen LogP contribution is -2.35. The Morgan fingerprint density at radius 3 is 2.62 bits per heavy atom. The maximum absolute atomic E-state index is 13.0. The number of aliphatic carboxylic acids is 1. The second-order valence-corrected chi connectivity index (χ2v) is 5.82. The number of aromatic nitrogens is 1. The number of rotatable bonds is 7. The SMILES string of the molecule is C#CC(CC(=O)O)NC(=O)c1cccc(Oc2cc(CN)cc(C(F)(F)F)n2)c1. The van der Waals surface area contributed by atoms with Crippen LogP contribution in [0.4, 0.5) is 13.2 Å². The molecular formula is C19H16F3N3O4. The van der Waals surface area contributed by atoms with Crippen molar-refractivity contribution in [1.29, 1.82) is 0 Å². The molecule has 152 valence electrons. The fourth-order valence-corrected chi connectivity index (χ4v) is 2.26. The molecule has 1 atom stereocenters. The molecule has 0 aliphatic rings. The Balaban J connectivity index is 2.23. The van der Waals surface area contributed by atoms with E-state index in [0.717, 1.165) is 6.07 Å². The van der Waals surface area contributed by atoms with Crippen molar-refractivity contribution in [2.75, 3.05) is 0 Å². The molecule has 10 heteroatoms. The lowest BCUT2D eigenvalue weighted by atomic mass is 10.1. The number of pyridine rings is 1. The smallest absolute Gasteiger partial charge is 0.433 e. The van der Waals surface area contributed by atoms with Gasteiger partial charge in [-0.25, -0.2) is 4.98 Å². The number of hydrogen-bond acceptors (Lipinski definition) is 5. The normalized spacial score (nSPS) is 12.0. The van der Waals surface area contributed by atoms with Crippen molar-refractivity contribution in [3.05, 3.63) is 53.2 Å². The molecule has 0 aliphatic heterocycles. The van der Waals surface area contributed by atoms with Crippen molar-refractivity contribution in [3.63, 3.8) is 0 Å². The van der Waals surface area contributed by atoms with Crippen molar-refractivity contribution < 1.29 is 32.6 Å². The second-order valence-electron chi connectivity index (χ2n) is 5.82. The number of nitrogens with two attached hydrogens (primary N) is 1. The highest BCUT2D eigenvalue weighted by atomic mass is 19.4. The van der Waals surface area contributed by atoms with Gasteiger partial charge in [0.05, 0.1) is 6.42 Å². The molecule has 1 aromatic carbocycles. The molecule has 0 aliphatic carbocycles. The van der Waals surface area contributed by atoms with Gasteiger partial charge in [0.25, 0.3) is 5.91 Å². The zero-order chi connectivity index (χ0) is 21.6. The Morgan fingerprint density at radius 1 is 1.31 bits per heavy atom. The molecule has 1 aromatic heterocycles. The largest absolute Gasteiger partial charge is 0.481 e. The van der Waals surface area contributed by atoms with Crippen LogP contribution in [-0.4, -0.2) is 28.0 Å². The summed E-state index contributed by atoms with van der Waals surface area (Å²) in [6.45, 7) is -0.151. The number of hydrogen-bond donors (Lipinski definition) is 3. The molecule has 2 rings (SSSR count). The quantitative estimate of drug-likeness (QED) is 0.608. The first-order valence-electron chi connectivity index (χ1n) is 8.17. The lowest BCUT2D eigenvalue weighted by Gasteiger charge is -2.13. The number of carbonyl (C=O) groups is 2. The molecule has 0 bridgehead atoms. The van der Waals surface area contributed by atoms with Crippen LogP contribution in [0.3, 0.4) is 0 Å². The van der Waals surface area contributed by atoms with Gasteiger partial charge in [-0.2, -0.15) is 13.2 Å². The number of nitrogens with one attached hydrogen (secondary N) is 1. The van der Waals surface area contributed by atoms with Gasteiger partial charge in [0, 0.05) is 18.2 Å². The predicted octanol–water partition coefficient (Wildman–Crippen LogP) is 2.56. The van der Waals surface area contributed by atoms with E-state index in [1.165, 1.54) is 30.3 Å². The Labute approximate surface area is 163 Å². The van der Waals surface area contributed by atoms with Gasteiger partial charge >= 0.3 is 12.1 Å². The van der Waals surface area contributed by atoms with Gasteiger partial charge in [-0.3, -0.25) is 9.59 Å². The van der Waals surface area contributed by atoms with Crippen LogP contribution in [0.5, 0.6) is 11.6 Å². The van der Waals surface area contributed by atoms with E-state index in [1.54, 1.807) is 0 Å². The Hall–Kier alpha value is -3.58. The number of carboxylic acid groups (broad SMARTS) is 1. The Morgan fingerprint density at radius 2 is 2.03 bits per heavy atom. The summed E-state index contributed by atoms with van der Waals surface area (Å²) in [5.41, 5.74) is 4.50. The van der Waals surface area contributed by atoms with Gasteiger partial charge in [-0.1, -0.05) is 12.0 Å². The summed E-state index contributed by atoms with van der Waals surface area (Å²) in [4.78, 5) is 26.4. The summed E-state index contributed by atoms with van der Waals surface area (Å²) in [6.07, 6.45) is 0.0480. The Kier molecular flexibility index (Phi) is 6.80. The van der Waals surface area contributed by atoms with E-state index in [9.17, 15) is 22.8 Å². The van der Waals surface area contributed by atoms with Gasteiger partial charge in [-0.15, -0.1) is 6.42 Å². The van der Waals surface area contributed by atoms with E-state index in [0.29, 0.717) is 0 Å². The number of ether oxygens (including phenoxy) is 1. The minimum atomic E-state index is -4.68. The van der Waals surface area contributed by atoms with Gasteiger partial charge < -0.3 is 20.9 Å². The maximum atomic E-state index is 13.0. The molecular weight excluding hydrogens is 391 g/mol. The fraction of sp³-hybridized carbons (Fsp3) is 0.211. The number of carboxylic acids is 1. The molecule has 4 N–H and O–H groups in total. The number of terminal acetylenes is 1. The summed E-state index contributed by atoms with van der Waals surface area (Å²) < 4.78 is 44.3. The number of alkyl halides is 3. The third-order valence-electron chi connectivity index (χ3n) is 3.59. The van der Waals surface area contributed by atoms with Crippen LogP contribution in [0.1, 0.15) is 28.0 Å². The van der Waals surface area contributed by atoms with Crippen LogP contribution in [0.2, 0.25) is 0 Å². The van der Waals surface area contributed by atoms with E-state index in [-0.39, 0.29) is 29.3 Å². The van der Waals surface area contributed by atoms with Gasteiger partial charge in [0.15, 0.2) is 0 Å². The third kappa shape index (κ3) is 6.22. The highest BCUT2D eigenvalue weighted by Gasteiger charge is 2.33. The zero-order valence-corrected chi connectivity index (χ0v) is 14.9. The maximum Gasteiger partial charge on any atom is 0.433 e. The highest BCUT2D eigenvalue weighted by Crippen LogP contribution is 2.31. The minimum absolute atomic E-state index is 0.0444. The molecule has 0 spiro atoms. The first kappa shape index (κ1) is 21.7. The molecule has 1 heterocycles. The number of nitrogens with zero attached hydrogens (tertiary/aromatic N) is 1. The van der Waals surface area contributed by atoms with Crippen LogP contribution >= 0.6 is 0 Å². The zero-order valence-electron chi connectivity index (χ0n) is 14.9. The summed E-state index contributed by atoms with van der Waals surface area (Å²) in [7, 11) is 0.